The van der Waals surface area contributed by atoms with Crippen LogP contribution in [0.2, 0.25) is 0 Å². The Labute approximate surface area is 149 Å². The van der Waals surface area contributed by atoms with Crippen molar-refractivity contribution in [3.8, 4) is 0 Å². The summed E-state index contributed by atoms with van der Waals surface area (Å²) in [7, 11) is 0. The number of fused-ring (bicyclic) bond motifs is 6. The molecule has 2 unspecified atom stereocenters. The van der Waals surface area contributed by atoms with Crippen LogP contribution in [0.1, 0.15) is 65.2 Å². The first-order valence-corrected chi connectivity index (χ1v) is 10.00. The van der Waals surface area contributed by atoms with Crippen molar-refractivity contribution in [2.24, 2.45) is 22.7 Å². The average molecular weight is 340 g/mol. The Balaban J connectivity index is 1.56. The fourth-order valence-corrected chi connectivity index (χ4v) is 7.08. The van der Waals surface area contributed by atoms with Crippen LogP contribution in [0.5, 0.6) is 0 Å². The lowest BCUT2D eigenvalue weighted by Gasteiger charge is -2.54. The minimum Gasteiger partial charge on any atom is -0.366 e. The third-order valence-electron chi connectivity index (χ3n) is 8.56. The maximum absolute atomic E-state index is 12.8. The molecule has 5 atom stereocenters. The number of rotatable bonds is 0. The molecule has 0 aromatic heterocycles. The predicted octanol–water partition coefficient (Wildman–Crippen LogP) is 4.17. The lowest BCUT2D eigenvalue weighted by molar-refractivity contribution is -0.147. The first kappa shape index (κ1) is 16.0. The summed E-state index contributed by atoms with van der Waals surface area (Å²) in [6.07, 6.45) is 11.7. The van der Waals surface area contributed by atoms with E-state index >= 15 is 0 Å². The molecule has 0 aromatic rings. The molecule has 0 bridgehead atoms. The summed E-state index contributed by atoms with van der Waals surface area (Å²) in [5, 5.41) is 0. The number of carbonyl (C=O) groups excluding carboxylic acids is 2. The van der Waals surface area contributed by atoms with Gasteiger partial charge in [0.1, 0.15) is 11.4 Å². The van der Waals surface area contributed by atoms with E-state index in [1.165, 1.54) is 5.57 Å². The third kappa shape index (κ3) is 1.81. The van der Waals surface area contributed by atoms with E-state index in [0.717, 1.165) is 32.1 Å². The number of ether oxygens (including phenoxy) is 1. The summed E-state index contributed by atoms with van der Waals surface area (Å²) in [5.41, 5.74) is 2.43. The molecule has 3 fully saturated rings. The number of hydrogen-bond donors (Lipinski definition) is 0. The van der Waals surface area contributed by atoms with Gasteiger partial charge < -0.3 is 4.74 Å². The fourth-order valence-electron chi connectivity index (χ4n) is 7.08. The number of hydrogen-bond acceptors (Lipinski definition) is 3. The Morgan fingerprint density at radius 2 is 1.96 bits per heavy atom. The molecule has 3 nitrogen and oxygen atoms in total. The minimum atomic E-state index is -0.521. The van der Waals surface area contributed by atoms with Crippen LogP contribution >= 0.6 is 0 Å². The van der Waals surface area contributed by atoms with Gasteiger partial charge in [-0.05, 0) is 43.9 Å². The zero-order chi connectivity index (χ0) is 17.4. The van der Waals surface area contributed by atoms with Crippen LogP contribution in [0.25, 0.3) is 0 Å². The number of Topliss-reactive ketones (excluding diaryl/α,β-unsaturated/α-hetero) is 2. The van der Waals surface area contributed by atoms with Gasteiger partial charge in [0.05, 0.1) is 6.61 Å². The largest absolute Gasteiger partial charge is 0.366 e. The Hall–Kier alpha value is -1.22. The van der Waals surface area contributed by atoms with E-state index in [9.17, 15) is 9.59 Å². The third-order valence-corrected chi connectivity index (χ3v) is 8.56. The molecule has 4 aliphatic carbocycles. The van der Waals surface area contributed by atoms with Gasteiger partial charge in [-0.25, -0.2) is 0 Å². The highest BCUT2D eigenvalue weighted by Gasteiger charge is 2.66. The van der Waals surface area contributed by atoms with Gasteiger partial charge in [0.15, 0.2) is 5.78 Å². The Kier molecular flexibility index (Phi) is 3.16. The SMILES string of the molecule is C[C@]12CCC(=O)CC1=CCC1C2=CC[C@@]2(C)C1CC[C@]21OCCC1=O. The fraction of sp³-hybridized carbons (Fsp3) is 0.727. The van der Waals surface area contributed by atoms with Crippen LogP contribution in [0, 0.1) is 22.7 Å². The van der Waals surface area contributed by atoms with Gasteiger partial charge in [-0.2, -0.15) is 0 Å². The van der Waals surface area contributed by atoms with Crippen LogP contribution in [-0.2, 0) is 14.3 Å². The molecule has 0 radical (unpaired) electrons. The number of allylic oxidation sites excluding steroid dienone is 4. The molecule has 1 saturated heterocycles. The molecule has 0 aromatic carbocycles. The normalized spacial score (nSPS) is 48.7. The molecule has 0 N–H and O–H groups in total. The van der Waals surface area contributed by atoms with Gasteiger partial charge in [-0.15, -0.1) is 0 Å². The van der Waals surface area contributed by atoms with Gasteiger partial charge in [-0.1, -0.05) is 37.1 Å². The molecule has 1 spiro atoms. The first-order valence-electron chi connectivity index (χ1n) is 10.00. The summed E-state index contributed by atoms with van der Waals surface area (Å²) in [6, 6.07) is 0. The first-order chi connectivity index (χ1) is 11.9. The van der Waals surface area contributed by atoms with Crippen molar-refractivity contribution in [2.75, 3.05) is 6.61 Å². The molecule has 1 aliphatic heterocycles. The lowest BCUT2D eigenvalue weighted by atomic mass is 9.51. The molecule has 134 valence electrons. The molecular weight excluding hydrogens is 312 g/mol. The van der Waals surface area contributed by atoms with E-state index in [1.807, 2.05) is 0 Å². The summed E-state index contributed by atoms with van der Waals surface area (Å²) in [5.74, 6) is 1.79. The van der Waals surface area contributed by atoms with Crippen molar-refractivity contribution in [1.29, 1.82) is 0 Å². The Morgan fingerprint density at radius 1 is 1.12 bits per heavy atom. The van der Waals surface area contributed by atoms with E-state index < -0.39 is 5.60 Å². The molecule has 3 heteroatoms. The molecule has 0 amide bonds. The highest BCUT2D eigenvalue weighted by molar-refractivity contribution is 5.90. The van der Waals surface area contributed by atoms with Crippen molar-refractivity contribution >= 4 is 11.6 Å². The highest BCUT2D eigenvalue weighted by atomic mass is 16.5. The second kappa shape index (κ2) is 4.94. The van der Waals surface area contributed by atoms with Gasteiger partial charge >= 0.3 is 0 Å². The second-order valence-electron chi connectivity index (χ2n) is 9.39. The minimum absolute atomic E-state index is 0.0546. The van der Waals surface area contributed by atoms with Crippen molar-refractivity contribution in [1.82, 2.24) is 0 Å². The van der Waals surface area contributed by atoms with E-state index in [1.54, 1.807) is 5.57 Å². The summed E-state index contributed by atoms with van der Waals surface area (Å²) in [4.78, 5) is 24.7. The van der Waals surface area contributed by atoms with Gasteiger partial charge in [-0.3, -0.25) is 9.59 Å². The van der Waals surface area contributed by atoms with Crippen LogP contribution in [0.3, 0.4) is 0 Å². The monoisotopic (exact) mass is 340 g/mol. The van der Waals surface area contributed by atoms with Crippen molar-refractivity contribution in [2.45, 2.75) is 70.8 Å². The van der Waals surface area contributed by atoms with E-state index in [0.29, 0.717) is 49.3 Å². The van der Waals surface area contributed by atoms with E-state index in [2.05, 4.69) is 26.0 Å². The van der Waals surface area contributed by atoms with E-state index in [4.69, 9.17) is 4.74 Å². The molecule has 1 heterocycles. The van der Waals surface area contributed by atoms with Gasteiger partial charge in [0.2, 0.25) is 0 Å². The summed E-state index contributed by atoms with van der Waals surface area (Å²) in [6.45, 7) is 5.27. The van der Waals surface area contributed by atoms with Crippen molar-refractivity contribution in [3.63, 3.8) is 0 Å². The molecule has 5 aliphatic rings. The maximum atomic E-state index is 12.8. The molecule has 5 rings (SSSR count). The predicted molar refractivity (Wildman–Crippen MR) is 95.0 cm³/mol. The Bertz CT molecular complexity index is 732. The molecule has 25 heavy (non-hydrogen) atoms. The standard InChI is InChI=1S/C22H28O3/c1-20-9-5-15(23)13-14(20)3-4-16-17(20)6-10-21(2)18(16)7-11-22(21)19(24)8-12-25-22/h3,6,16,18H,4-5,7-13H2,1-2H3/t16?,18?,20-,21-,22+/m0/s1. The second-order valence-corrected chi connectivity index (χ2v) is 9.39. The average Bonchev–Trinajstić information content (AvgIpc) is 3.10. The Morgan fingerprint density at radius 3 is 2.72 bits per heavy atom. The van der Waals surface area contributed by atoms with Crippen LogP contribution < -0.4 is 0 Å². The molecule has 2 saturated carbocycles. The highest BCUT2D eigenvalue weighted by Crippen LogP contribution is 2.66. The zero-order valence-electron chi connectivity index (χ0n) is 15.4. The maximum Gasteiger partial charge on any atom is 0.167 e. The molecular formula is C22H28O3. The lowest BCUT2D eigenvalue weighted by Crippen LogP contribution is -2.53. The zero-order valence-corrected chi connectivity index (χ0v) is 15.4. The number of ketones is 2. The van der Waals surface area contributed by atoms with E-state index in [-0.39, 0.29) is 10.8 Å². The van der Waals surface area contributed by atoms with Gasteiger partial charge in [0, 0.05) is 30.1 Å². The van der Waals surface area contributed by atoms with Gasteiger partial charge in [0.25, 0.3) is 0 Å². The van der Waals surface area contributed by atoms with Crippen molar-refractivity contribution in [3.05, 3.63) is 23.3 Å². The van der Waals surface area contributed by atoms with Crippen LogP contribution in [0.15, 0.2) is 23.3 Å². The number of carbonyl (C=O) groups is 2. The summed E-state index contributed by atoms with van der Waals surface area (Å²) >= 11 is 0. The summed E-state index contributed by atoms with van der Waals surface area (Å²) < 4.78 is 6.17. The quantitative estimate of drug-likeness (QED) is 0.622. The smallest absolute Gasteiger partial charge is 0.167 e. The van der Waals surface area contributed by atoms with Crippen molar-refractivity contribution < 1.29 is 14.3 Å². The van der Waals surface area contributed by atoms with Crippen LogP contribution in [-0.4, -0.2) is 23.8 Å². The van der Waals surface area contributed by atoms with Crippen LogP contribution in [0.4, 0.5) is 0 Å². The topological polar surface area (TPSA) is 43.4 Å².